The maximum Gasteiger partial charge on any atom is 0.231 e. The fourth-order valence-corrected chi connectivity index (χ4v) is 4.07. The van der Waals surface area contributed by atoms with Crippen molar-refractivity contribution in [3.05, 3.63) is 92.9 Å². The SMILES string of the molecule is O=C1/C(=C/c2ccccc2F)Oc2cc(OCc3cc(Br)cc4c3OCOC4)ccc21. The zero-order valence-electron chi connectivity index (χ0n) is 16.2. The lowest BCUT2D eigenvalue weighted by atomic mass is 10.1. The average molecular weight is 483 g/mol. The Labute approximate surface area is 186 Å². The third-order valence-corrected chi connectivity index (χ3v) is 5.44. The second-order valence-electron chi connectivity index (χ2n) is 7.07. The molecule has 7 heteroatoms. The highest BCUT2D eigenvalue weighted by molar-refractivity contribution is 9.10. The number of hydrogen-bond donors (Lipinski definition) is 0. The summed E-state index contributed by atoms with van der Waals surface area (Å²) in [5.41, 5.74) is 2.53. The summed E-state index contributed by atoms with van der Waals surface area (Å²) < 4.78 is 37.4. The minimum absolute atomic E-state index is 0.0757. The number of carbonyl (C=O) groups excluding carboxylic acids is 1. The molecule has 0 fully saturated rings. The van der Waals surface area contributed by atoms with Crippen LogP contribution in [0.3, 0.4) is 0 Å². The Kier molecular flexibility index (Phi) is 5.21. The molecule has 156 valence electrons. The highest BCUT2D eigenvalue weighted by Gasteiger charge is 2.28. The molecule has 3 aromatic carbocycles. The van der Waals surface area contributed by atoms with Gasteiger partial charge in [0, 0.05) is 27.2 Å². The van der Waals surface area contributed by atoms with E-state index in [4.69, 9.17) is 18.9 Å². The second kappa shape index (κ2) is 8.17. The maximum atomic E-state index is 13.9. The van der Waals surface area contributed by atoms with Crippen molar-refractivity contribution in [1.29, 1.82) is 0 Å². The van der Waals surface area contributed by atoms with Crippen LogP contribution < -0.4 is 14.2 Å². The number of benzene rings is 3. The summed E-state index contributed by atoms with van der Waals surface area (Å²) in [6, 6.07) is 15.1. The summed E-state index contributed by atoms with van der Waals surface area (Å²) in [6.07, 6.45) is 1.41. The van der Waals surface area contributed by atoms with E-state index in [9.17, 15) is 9.18 Å². The van der Waals surface area contributed by atoms with Gasteiger partial charge >= 0.3 is 0 Å². The molecule has 2 aliphatic rings. The Hall–Kier alpha value is -3.16. The van der Waals surface area contributed by atoms with Crippen LogP contribution in [0.5, 0.6) is 17.2 Å². The minimum atomic E-state index is -0.420. The first-order valence-electron chi connectivity index (χ1n) is 9.56. The van der Waals surface area contributed by atoms with Crippen molar-refractivity contribution in [2.75, 3.05) is 6.79 Å². The highest BCUT2D eigenvalue weighted by atomic mass is 79.9. The summed E-state index contributed by atoms with van der Waals surface area (Å²) in [5, 5.41) is 0. The van der Waals surface area contributed by atoms with Crippen molar-refractivity contribution in [1.82, 2.24) is 0 Å². The molecular formula is C24H16BrFO5. The van der Waals surface area contributed by atoms with Crippen molar-refractivity contribution in [2.24, 2.45) is 0 Å². The summed E-state index contributed by atoms with van der Waals surface area (Å²) in [6.45, 7) is 0.952. The number of hydrogen-bond acceptors (Lipinski definition) is 5. The van der Waals surface area contributed by atoms with Crippen molar-refractivity contribution in [2.45, 2.75) is 13.2 Å². The first-order valence-corrected chi connectivity index (χ1v) is 10.4. The van der Waals surface area contributed by atoms with E-state index in [0.29, 0.717) is 29.2 Å². The van der Waals surface area contributed by atoms with Gasteiger partial charge in [0.05, 0.1) is 12.2 Å². The molecule has 0 saturated heterocycles. The van der Waals surface area contributed by atoms with E-state index in [0.717, 1.165) is 21.3 Å². The average Bonchev–Trinajstić information content (AvgIpc) is 3.08. The van der Waals surface area contributed by atoms with Crippen LogP contribution in [0, 0.1) is 5.82 Å². The number of halogens is 2. The first kappa shape index (κ1) is 19.8. The monoisotopic (exact) mass is 482 g/mol. The molecule has 0 unspecified atom stereocenters. The molecule has 2 heterocycles. The Morgan fingerprint density at radius 1 is 1.13 bits per heavy atom. The van der Waals surface area contributed by atoms with Crippen LogP contribution in [0.4, 0.5) is 4.39 Å². The second-order valence-corrected chi connectivity index (χ2v) is 7.99. The van der Waals surface area contributed by atoms with Gasteiger partial charge in [0.2, 0.25) is 5.78 Å². The number of Topliss-reactive ketones (excluding diaryl/α,β-unsaturated/α-hetero) is 1. The van der Waals surface area contributed by atoms with E-state index >= 15 is 0 Å². The van der Waals surface area contributed by atoms with E-state index in [-0.39, 0.29) is 24.9 Å². The smallest absolute Gasteiger partial charge is 0.231 e. The number of carbonyl (C=O) groups is 1. The Morgan fingerprint density at radius 2 is 2.00 bits per heavy atom. The Balaban J connectivity index is 1.36. The molecule has 3 aromatic rings. The van der Waals surface area contributed by atoms with Gasteiger partial charge in [-0.2, -0.15) is 0 Å². The van der Waals surface area contributed by atoms with Gasteiger partial charge in [-0.3, -0.25) is 4.79 Å². The van der Waals surface area contributed by atoms with Crippen LogP contribution in [-0.2, 0) is 18.0 Å². The molecular weight excluding hydrogens is 467 g/mol. The van der Waals surface area contributed by atoms with E-state index in [1.807, 2.05) is 12.1 Å². The maximum absolute atomic E-state index is 13.9. The normalized spacial score (nSPS) is 15.8. The van der Waals surface area contributed by atoms with E-state index in [2.05, 4.69) is 15.9 Å². The number of fused-ring (bicyclic) bond motifs is 2. The Bertz CT molecular complexity index is 1220. The molecule has 0 aliphatic carbocycles. The number of ketones is 1. The van der Waals surface area contributed by atoms with E-state index < -0.39 is 5.82 Å². The van der Waals surface area contributed by atoms with Crippen LogP contribution in [-0.4, -0.2) is 12.6 Å². The lowest BCUT2D eigenvalue weighted by molar-refractivity contribution is -0.0176. The van der Waals surface area contributed by atoms with Crippen molar-refractivity contribution >= 4 is 27.8 Å². The third-order valence-electron chi connectivity index (χ3n) is 4.98. The fraction of sp³-hybridized carbons (Fsp3) is 0.125. The summed E-state index contributed by atoms with van der Waals surface area (Å²) in [5.74, 6) is 1.05. The lowest BCUT2D eigenvalue weighted by Crippen LogP contribution is -2.14. The van der Waals surface area contributed by atoms with Gasteiger partial charge < -0.3 is 18.9 Å². The molecule has 0 N–H and O–H groups in total. The first-order chi connectivity index (χ1) is 15.1. The standard InChI is InChI=1S/C24H16BrFO5/c25-17-7-15-11-28-13-30-24(15)16(8-17)12-29-18-5-6-19-21(10-18)31-22(23(19)27)9-14-3-1-2-4-20(14)26/h1-10H,11-13H2/b22-9-. The topological polar surface area (TPSA) is 54.0 Å². The summed E-state index contributed by atoms with van der Waals surface area (Å²) in [4.78, 5) is 12.6. The molecule has 2 aliphatic heterocycles. The molecule has 5 nitrogen and oxygen atoms in total. The molecule has 0 saturated carbocycles. The van der Waals surface area contributed by atoms with Crippen LogP contribution in [0.15, 0.2) is 64.8 Å². The summed E-state index contributed by atoms with van der Waals surface area (Å²) in [7, 11) is 0. The van der Waals surface area contributed by atoms with Crippen molar-refractivity contribution in [3.8, 4) is 17.2 Å². The predicted molar refractivity (Wildman–Crippen MR) is 115 cm³/mol. The Morgan fingerprint density at radius 3 is 2.87 bits per heavy atom. The van der Waals surface area contributed by atoms with Gasteiger partial charge in [-0.25, -0.2) is 4.39 Å². The molecule has 0 atom stereocenters. The molecule has 0 radical (unpaired) electrons. The van der Waals surface area contributed by atoms with Crippen LogP contribution in [0.1, 0.15) is 27.0 Å². The van der Waals surface area contributed by atoms with E-state index in [1.165, 1.54) is 12.1 Å². The predicted octanol–water partition coefficient (Wildman–Crippen LogP) is 5.65. The van der Waals surface area contributed by atoms with Crippen molar-refractivity contribution in [3.63, 3.8) is 0 Å². The third kappa shape index (κ3) is 3.94. The number of ether oxygens (including phenoxy) is 4. The van der Waals surface area contributed by atoms with Gasteiger partial charge in [0.15, 0.2) is 12.6 Å². The molecule has 0 bridgehead atoms. The van der Waals surface area contributed by atoms with Gasteiger partial charge in [0.1, 0.15) is 29.7 Å². The molecule has 0 spiro atoms. The van der Waals surface area contributed by atoms with E-state index in [1.54, 1.807) is 36.4 Å². The number of rotatable bonds is 4. The van der Waals surface area contributed by atoms with Gasteiger partial charge in [0.25, 0.3) is 0 Å². The van der Waals surface area contributed by atoms with Gasteiger partial charge in [-0.05, 0) is 36.4 Å². The molecule has 5 rings (SSSR count). The lowest BCUT2D eigenvalue weighted by Gasteiger charge is -2.21. The quantitative estimate of drug-likeness (QED) is 0.449. The van der Waals surface area contributed by atoms with Crippen molar-refractivity contribution < 1.29 is 28.1 Å². The molecule has 0 aromatic heterocycles. The number of allylic oxidation sites excluding steroid dienone is 1. The largest absolute Gasteiger partial charge is 0.489 e. The minimum Gasteiger partial charge on any atom is -0.489 e. The van der Waals surface area contributed by atoms with Gasteiger partial charge in [-0.1, -0.05) is 34.1 Å². The van der Waals surface area contributed by atoms with Crippen LogP contribution in [0.25, 0.3) is 6.08 Å². The van der Waals surface area contributed by atoms with Crippen LogP contribution in [0.2, 0.25) is 0 Å². The summed E-state index contributed by atoms with van der Waals surface area (Å²) >= 11 is 3.50. The zero-order chi connectivity index (χ0) is 21.4. The highest BCUT2D eigenvalue weighted by Crippen LogP contribution is 2.36. The van der Waals surface area contributed by atoms with Crippen LogP contribution >= 0.6 is 15.9 Å². The molecule has 31 heavy (non-hydrogen) atoms. The molecule has 0 amide bonds. The zero-order valence-corrected chi connectivity index (χ0v) is 17.8. The fourth-order valence-electron chi connectivity index (χ4n) is 3.52. The van der Waals surface area contributed by atoms with Gasteiger partial charge in [-0.15, -0.1) is 0 Å².